The van der Waals surface area contributed by atoms with Crippen LogP contribution in [-0.4, -0.2) is 28.5 Å². The lowest BCUT2D eigenvalue weighted by atomic mass is 10.1. The van der Waals surface area contributed by atoms with Crippen LogP contribution in [0, 0.1) is 0 Å². The van der Waals surface area contributed by atoms with Crippen molar-refractivity contribution in [3.05, 3.63) is 71.9 Å². The Kier molecular flexibility index (Phi) is 4.08. The average molecular weight is 318 g/mol. The molecule has 0 bridgehead atoms. The van der Waals surface area contributed by atoms with Crippen LogP contribution in [-0.2, 0) is 6.54 Å². The number of rotatable bonds is 3. The number of nitrogens with zero attached hydrogens (tertiary/aromatic N) is 2. The van der Waals surface area contributed by atoms with Crippen molar-refractivity contribution in [3.8, 4) is 0 Å². The number of fused-ring (bicyclic) bond motifs is 1. The summed E-state index contributed by atoms with van der Waals surface area (Å²) in [6.07, 6.45) is 3.46. The first-order chi connectivity index (χ1) is 11.8. The van der Waals surface area contributed by atoms with Gasteiger partial charge in [-0.05, 0) is 37.0 Å². The summed E-state index contributed by atoms with van der Waals surface area (Å²) in [6.45, 7) is 2.49. The van der Waals surface area contributed by atoms with E-state index in [-0.39, 0.29) is 5.91 Å². The molecular formula is C21H22N2O. The van der Waals surface area contributed by atoms with Gasteiger partial charge in [-0.15, -0.1) is 0 Å². The van der Waals surface area contributed by atoms with Gasteiger partial charge in [-0.25, -0.2) is 0 Å². The molecule has 1 aliphatic rings. The fraction of sp³-hybridized carbons (Fsp3) is 0.286. The van der Waals surface area contributed by atoms with Crippen molar-refractivity contribution >= 4 is 16.8 Å². The largest absolute Gasteiger partial charge is 0.337 e. The second-order valence-electron chi connectivity index (χ2n) is 6.51. The van der Waals surface area contributed by atoms with Crippen LogP contribution in [0.1, 0.15) is 35.3 Å². The van der Waals surface area contributed by atoms with Gasteiger partial charge >= 0.3 is 0 Å². The lowest BCUT2D eigenvalue weighted by molar-refractivity contribution is 0.0714. The summed E-state index contributed by atoms with van der Waals surface area (Å²) in [6, 6.07) is 20.7. The topological polar surface area (TPSA) is 25.2 Å². The highest BCUT2D eigenvalue weighted by Crippen LogP contribution is 2.23. The van der Waals surface area contributed by atoms with Gasteiger partial charge in [0.1, 0.15) is 5.69 Å². The molecular weight excluding hydrogens is 296 g/mol. The highest BCUT2D eigenvalue weighted by atomic mass is 16.2. The zero-order chi connectivity index (χ0) is 16.4. The van der Waals surface area contributed by atoms with Gasteiger partial charge in [0.2, 0.25) is 0 Å². The number of benzene rings is 2. The number of para-hydroxylation sites is 1. The van der Waals surface area contributed by atoms with Crippen LogP contribution in [0.2, 0.25) is 0 Å². The second-order valence-corrected chi connectivity index (χ2v) is 6.51. The van der Waals surface area contributed by atoms with E-state index in [0.717, 1.165) is 49.1 Å². The van der Waals surface area contributed by atoms with Gasteiger partial charge in [-0.3, -0.25) is 4.79 Å². The molecule has 2 aromatic carbocycles. The third-order valence-corrected chi connectivity index (χ3v) is 4.86. The van der Waals surface area contributed by atoms with Crippen molar-refractivity contribution in [1.29, 1.82) is 0 Å². The van der Waals surface area contributed by atoms with Crippen LogP contribution in [0.5, 0.6) is 0 Å². The standard InChI is InChI=1S/C21H22N2O/c24-21(22-13-7-2-8-14-22)20-15-18-11-5-6-12-19(18)23(20)16-17-9-3-1-4-10-17/h1,3-6,9-12,15H,2,7-8,13-14,16H2. The van der Waals surface area contributed by atoms with E-state index in [1.165, 1.54) is 12.0 Å². The molecule has 0 aliphatic carbocycles. The van der Waals surface area contributed by atoms with Gasteiger partial charge in [-0.2, -0.15) is 0 Å². The van der Waals surface area contributed by atoms with Crippen LogP contribution in [0.3, 0.4) is 0 Å². The van der Waals surface area contributed by atoms with Crippen LogP contribution in [0.15, 0.2) is 60.7 Å². The predicted molar refractivity (Wildman–Crippen MR) is 97.2 cm³/mol. The Morgan fingerprint density at radius 2 is 1.58 bits per heavy atom. The number of carbonyl (C=O) groups excluding carboxylic acids is 1. The van der Waals surface area contributed by atoms with E-state index in [9.17, 15) is 4.79 Å². The molecule has 0 spiro atoms. The molecule has 0 unspecified atom stereocenters. The summed E-state index contributed by atoms with van der Waals surface area (Å²) in [5.74, 6) is 0.168. The molecule has 24 heavy (non-hydrogen) atoms. The average Bonchev–Trinajstić information content (AvgIpc) is 3.01. The fourth-order valence-corrected chi connectivity index (χ4v) is 3.58. The van der Waals surface area contributed by atoms with E-state index in [0.29, 0.717) is 0 Å². The molecule has 3 nitrogen and oxygen atoms in total. The number of aromatic nitrogens is 1. The first kappa shape index (κ1) is 15.0. The lowest BCUT2D eigenvalue weighted by Gasteiger charge is -2.27. The Labute approximate surface area is 142 Å². The molecule has 122 valence electrons. The molecule has 0 radical (unpaired) electrons. The van der Waals surface area contributed by atoms with Crippen LogP contribution in [0.4, 0.5) is 0 Å². The monoisotopic (exact) mass is 318 g/mol. The number of carbonyl (C=O) groups is 1. The maximum Gasteiger partial charge on any atom is 0.270 e. The molecule has 1 aliphatic heterocycles. The van der Waals surface area contributed by atoms with Crippen molar-refractivity contribution in [2.24, 2.45) is 0 Å². The number of amides is 1. The smallest absolute Gasteiger partial charge is 0.270 e. The molecule has 2 heterocycles. The third-order valence-electron chi connectivity index (χ3n) is 4.86. The Morgan fingerprint density at radius 1 is 0.875 bits per heavy atom. The summed E-state index contributed by atoms with van der Waals surface area (Å²) in [5.41, 5.74) is 3.15. The third kappa shape index (κ3) is 2.82. The Bertz CT molecular complexity index is 845. The summed E-state index contributed by atoms with van der Waals surface area (Å²) >= 11 is 0. The second kappa shape index (κ2) is 6.52. The molecule has 1 amide bonds. The minimum Gasteiger partial charge on any atom is -0.337 e. The van der Waals surface area contributed by atoms with E-state index in [2.05, 4.69) is 34.9 Å². The molecule has 0 N–H and O–H groups in total. The maximum atomic E-state index is 13.1. The van der Waals surface area contributed by atoms with Crippen molar-refractivity contribution in [3.63, 3.8) is 0 Å². The van der Waals surface area contributed by atoms with Crippen molar-refractivity contribution in [1.82, 2.24) is 9.47 Å². The Balaban J connectivity index is 1.76. The first-order valence-corrected chi connectivity index (χ1v) is 8.74. The summed E-state index contributed by atoms with van der Waals surface area (Å²) < 4.78 is 2.17. The van der Waals surface area contributed by atoms with Crippen molar-refractivity contribution in [2.75, 3.05) is 13.1 Å². The Hall–Kier alpha value is -2.55. The van der Waals surface area contributed by atoms with E-state index in [1.54, 1.807) is 0 Å². The van der Waals surface area contributed by atoms with E-state index in [4.69, 9.17) is 0 Å². The molecule has 0 saturated carbocycles. The molecule has 4 rings (SSSR count). The number of likely N-dealkylation sites (tertiary alicyclic amines) is 1. The normalized spacial score (nSPS) is 14.9. The highest BCUT2D eigenvalue weighted by Gasteiger charge is 2.22. The van der Waals surface area contributed by atoms with Crippen LogP contribution >= 0.6 is 0 Å². The molecule has 0 atom stereocenters. The zero-order valence-corrected chi connectivity index (χ0v) is 13.8. The first-order valence-electron chi connectivity index (χ1n) is 8.74. The number of hydrogen-bond acceptors (Lipinski definition) is 1. The lowest BCUT2D eigenvalue weighted by Crippen LogP contribution is -2.36. The molecule has 3 heteroatoms. The van der Waals surface area contributed by atoms with Crippen molar-refractivity contribution in [2.45, 2.75) is 25.8 Å². The van der Waals surface area contributed by atoms with Crippen molar-refractivity contribution < 1.29 is 4.79 Å². The van der Waals surface area contributed by atoms with Gasteiger partial charge in [0, 0.05) is 30.5 Å². The quantitative estimate of drug-likeness (QED) is 0.706. The number of piperidine rings is 1. The summed E-state index contributed by atoms with van der Waals surface area (Å²) in [7, 11) is 0. The molecule has 1 aromatic heterocycles. The summed E-state index contributed by atoms with van der Waals surface area (Å²) in [4.78, 5) is 15.1. The summed E-state index contributed by atoms with van der Waals surface area (Å²) in [5, 5.41) is 1.13. The van der Waals surface area contributed by atoms with Crippen LogP contribution in [0.25, 0.3) is 10.9 Å². The minimum absolute atomic E-state index is 0.168. The van der Waals surface area contributed by atoms with Gasteiger partial charge in [0.15, 0.2) is 0 Å². The predicted octanol–water partition coefficient (Wildman–Crippen LogP) is 4.32. The molecule has 1 saturated heterocycles. The molecule has 1 fully saturated rings. The van der Waals surface area contributed by atoms with Gasteiger partial charge in [-0.1, -0.05) is 48.5 Å². The van der Waals surface area contributed by atoms with Gasteiger partial charge < -0.3 is 9.47 Å². The fourth-order valence-electron chi connectivity index (χ4n) is 3.58. The minimum atomic E-state index is 0.168. The zero-order valence-electron chi connectivity index (χ0n) is 13.8. The van der Waals surface area contributed by atoms with Gasteiger partial charge in [0.25, 0.3) is 5.91 Å². The Morgan fingerprint density at radius 3 is 2.38 bits per heavy atom. The number of hydrogen-bond donors (Lipinski definition) is 0. The van der Waals surface area contributed by atoms with Crippen LogP contribution < -0.4 is 0 Å². The van der Waals surface area contributed by atoms with E-state index >= 15 is 0 Å². The van der Waals surface area contributed by atoms with E-state index < -0.39 is 0 Å². The SMILES string of the molecule is O=C(c1cc2ccccc2n1Cc1ccccc1)N1CCCCC1. The highest BCUT2D eigenvalue weighted by molar-refractivity contribution is 5.98. The van der Waals surface area contributed by atoms with Gasteiger partial charge in [0.05, 0.1) is 0 Å². The maximum absolute atomic E-state index is 13.1. The van der Waals surface area contributed by atoms with E-state index in [1.807, 2.05) is 35.2 Å². The molecule has 3 aromatic rings.